The largest absolute Gasteiger partial charge is 0.354 e. The minimum absolute atomic E-state index is 0.0663. The van der Waals surface area contributed by atoms with E-state index in [-0.39, 0.29) is 12.1 Å². The number of fused-ring (bicyclic) bond motifs is 1. The van der Waals surface area contributed by atoms with Gasteiger partial charge >= 0.3 is 0 Å². The molecule has 0 aliphatic heterocycles. The van der Waals surface area contributed by atoms with Crippen LogP contribution in [0.3, 0.4) is 0 Å². The van der Waals surface area contributed by atoms with E-state index in [1.165, 1.54) is 0 Å². The quantitative estimate of drug-likeness (QED) is 0.353. The SMILES string of the molecule is CCN(C)c1nc(NCC2CCC(NS(=O)(=O)c3c(C)ccc4ccccc34)CC2)nc(NC(C)C)n1. The molecule has 9 nitrogen and oxygen atoms in total. The summed E-state index contributed by atoms with van der Waals surface area (Å²) in [6.07, 6.45) is 3.46. The summed E-state index contributed by atoms with van der Waals surface area (Å²) in [4.78, 5) is 16.0. The van der Waals surface area contributed by atoms with Crippen LogP contribution in [0, 0.1) is 12.8 Å². The standard InChI is InChI=1S/C27H39N7O2S/c1-6-34(5)27-31-25(30-26(32-27)29-18(2)3)28-17-20-12-15-22(16-13-20)33-37(35,36)24-19(4)11-14-21-9-7-8-10-23(21)24/h7-11,14,18,20,22,33H,6,12-13,15-17H2,1-5H3,(H2,28,29,30,31,32). The van der Waals surface area contributed by atoms with Gasteiger partial charge in [0, 0.05) is 37.6 Å². The second kappa shape index (κ2) is 11.6. The first-order chi connectivity index (χ1) is 17.7. The van der Waals surface area contributed by atoms with Crippen molar-refractivity contribution in [3.63, 3.8) is 0 Å². The van der Waals surface area contributed by atoms with Gasteiger partial charge in [-0.2, -0.15) is 15.0 Å². The molecule has 1 aromatic heterocycles. The summed E-state index contributed by atoms with van der Waals surface area (Å²) in [5.41, 5.74) is 0.765. The van der Waals surface area contributed by atoms with Crippen LogP contribution in [-0.2, 0) is 10.0 Å². The van der Waals surface area contributed by atoms with E-state index in [1.807, 2.05) is 69.1 Å². The van der Waals surface area contributed by atoms with Crippen molar-refractivity contribution in [3.05, 3.63) is 42.0 Å². The molecule has 0 radical (unpaired) electrons. The molecule has 200 valence electrons. The molecule has 1 fully saturated rings. The molecular weight excluding hydrogens is 486 g/mol. The predicted molar refractivity (Wildman–Crippen MR) is 151 cm³/mol. The number of benzene rings is 2. The Hall–Kier alpha value is -2.98. The molecule has 3 aromatic rings. The molecular formula is C27H39N7O2S. The van der Waals surface area contributed by atoms with Gasteiger partial charge < -0.3 is 15.5 Å². The lowest BCUT2D eigenvalue weighted by molar-refractivity contribution is 0.323. The number of anilines is 3. The van der Waals surface area contributed by atoms with Gasteiger partial charge in [-0.1, -0.05) is 36.4 Å². The molecule has 0 saturated heterocycles. The molecule has 0 bridgehead atoms. The molecule has 1 aliphatic carbocycles. The summed E-state index contributed by atoms with van der Waals surface area (Å²) in [6.45, 7) is 9.55. The summed E-state index contributed by atoms with van der Waals surface area (Å²) in [5, 5.41) is 8.36. The molecule has 0 atom stereocenters. The molecule has 37 heavy (non-hydrogen) atoms. The smallest absolute Gasteiger partial charge is 0.241 e. The molecule has 1 saturated carbocycles. The van der Waals surface area contributed by atoms with Crippen LogP contribution in [0.4, 0.5) is 17.8 Å². The molecule has 1 aliphatic rings. The van der Waals surface area contributed by atoms with Crippen molar-refractivity contribution < 1.29 is 8.42 Å². The summed E-state index contributed by atoms with van der Waals surface area (Å²) in [6, 6.07) is 11.6. The van der Waals surface area contributed by atoms with Crippen molar-refractivity contribution in [1.29, 1.82) is 0 Å². The van der Waals surface area contributed by atoms with E-state index in [2.05, 4.69) is 37.2 Å². The van der Waals surface area contributed by atoms with Gasteiger partial charge in [0.1, 0.15) is 0 Å². The Morgan fingerprint density at radius 1 is 1.00 bits per heavy atom. The van der Waals surface area contributed by atoms with Gasteiger partial charge in [0.25, 0.3) is 0 Å². The van der Waals surface area contributed by atoms with Gasteiger partial charge in [0.05, 0.1) is 4.90 Å². The van der Waals surface area contributed by atoms with Crippen LogP contribution in [0.2, 0.25) is 0 Å². The van der Waals surface area contributed by atoms with Crippen LogP contribution in [-0.4, -0.2) is 55.6 Å². The minimum Gasteiger partial charge on any atom is -0.354 e. The van der Waals surface area contributed by atoms with Gasteiger partial charge in [-0.25, -0.2) is 13.1 Å². The normalized spacial score (nSPS) is 18.2. The van der Waals surface area contributed by atoms with E-state index in [4.69, 9.17) is 0 Å². The average molecular weight is 526 g/mol. The lowest BCUT2D eigenvalue weighted by Gasteiger charge is -2.29. The van der Waals surface area contributed by atoms with Crippen molar-refractivity contribution in [1.82, 2.24) is 19.7 Å². The van der Waals surface area contributed by atoms with Crippen LogP contribution in [0.5, 0.6) is 0 Å². The zero-order chi connectivity index (χ0) is 26.6. The Morgan fingerprint density at radius 2 is 1.70 bits per heavy atom. The Morgan fingerprint density at radius 3 is 2.41 bits per heavy atom. The highest BCUT2D eigenvalue weighted by Crippen LogP contribution is 2.29. The van der Waals surface area contributed by atoms with E-state index >= 15 is 0 Å². The van der Waals surface area contributed by atoms with E-state index < -0.39 is 10.0 Å². The number of aromatic nitrogens is 3. The Balaban J connectivity index is 1.37. The maximum Gasteiger partial charge on any atom is 0.241 e. The molecule has 4 rings (SSSR count). The van der Waals surface area contributed by atoms with Gasteiger partial charge in [-0.3, -0.25) is 0 Å². The Bertz CT molecular complexity index is 1320. The lowest BCUT2D eigenvalue weighted by Crippen LogP contribution is -2.38. The lowest BCUT2D eigenvalue weighted by atomic mass is 9.86. The Kier molecular flexibility index (Phi) is 8.49. The minimum atomic E-state index is -3.62. The van der Waals surface area contributed by atoms with Crippen LogP contribution < -0.4 is 20.3 Å². The maximum absolute atomic E-state index is 13.4. The van der Waals surface area contributed by atoms with E-state index in [0.717, 1.165) is 55.1 Å². The third kappa shape index (κ3) is 6.67. The molecule has 0 unspecified atom stereocenters. The molecule has 3 N–H and O–H groups in total. The van der Waals surface area contributed by atoms with E-state index in [9.17, 15) is 8.42 Å². The van der Waals surface area contributed by atoms with Crippen LogP contribution in [0.25, 0.3) is 10.8 Å². The van der Waals surface area contributed by atoms with Gasteiger partial charge in [-0.05, 0) is 70.2 Å². The number of aryl methyl sites for hydroxylation is 1. The number of nitrogens with zero attached hydrogens (tertiary/aromatic N) is 4. The summed E-state index contributed by atoms with van der Waals surface area (Å²) >= 11 is 0. The predicted octanol–water partition coefficient (Wildman–Crippen LogP) is 4.56. The van der Waals surface area contributed by atoms with Gasteiger partial charge in [0.15, 0.2) is 0 Å². The van der Waals surface area contributed by atoms with Gasteiger partial charge in [0.2, 0.25) is 27.9 Å². The van der Waals surface area contributed by atoms with Crippen molar-refractivity contribution in [2.75, 3.05) is 35.7 Å². The summed E-state index contributed by atoms with van der Waals surface area (Å²) in [7, 11) is -1.67. The second-order valence-electron chi connectivity index (χ2n) is 10.2. The third-order valence-corrected chi connectivity index (χ3v) is 8.64. The first-order valence-electron chi connectivity index (χ1n) is 13.1. The fourth-order valence-electron chi connectivity index (χ4n) is 4.79. The van der Waals surface area contributed by atoms with Gasteiger partial charge in [-0.15, -0.1) is 0 Å². The maximum atomic E-state index is 13.4. The van der Waals surface area contributed by atoms with Crippen molar-refractivity contribution in [3.8, 4) is 0 Å². The fraction of sp³-hybridized carbons (Fsp3) is 0.519. The third-order valence-electron chi connectivity index (χ3n) is 6.92. The summed E-state index contributed by atoms with van der Waals surface area (Å²) < 4.78 is 29.8. The monoisotopic (exact) mass is 525 g/mol. The zero-order valence-corrected chi connectivity index (χ0v) is 23.3. The highest BCUT2D eigenvalue weighted by molar-refractivity contribution is 7.89. The van der Waals surface area contributed by atoms with Crippen molar-refractivity contribution in [2.24, 2.45) is 5.92 Å². The van der Waals surface area contributed by atoms with E-state index in [0.29, 0.717) is 28.7 Å². The molecule has 0 amide bonds. The number of nitrogens with one attached hydrogen (secondary N) is 3. The first-order valence-corrected chi connectivity index (χ1v) is 14.6. The summed E-state index contributed by atoms with van der Waals surface area (Å²) in [5.74, 6) is 2.17. The zero-order valence-electron chi connectivity index (χ0n) is 22.5. The van der Waals surface area contributed by atoms with Crippen LogP contribution in [0.15, 0.2) is 41.3 Å². The second-order valence-corrected chi connectivity index (χ2v) is 11.9. The average Bonchev–Trinajstić information content (AvgIpc) is 2.86. The van der Waals surface area contributed by atoms with Crippen LogP contribution >= 0.6 is 0 Å². The number of sulfonamides is 1. The van der Waals surface area contributed by atoms with Crippen LogP contribution in [0.1, 0.15) is 52.0 Å². The number of hydrogen-bond acceptors (Lipinski definition) is 8. The Labute approximate surface area is 220 Å². The molecule has 0 spiro atoms. The number of hydrogen-bond donors (Lipinski definition) is 3. The highest BCUT2D eigenvalue weighted by Gasteiger charge is 2.28. The van der Waals surface area contributed by atoms with E-state index in [1.54, 1.807) is 0 Å². The molecule has 10 heteroatoms. The van der Waals surface area contributed by atoms with Crippen molar-refractivity contribution in [2.45, 2.75) is 70.4 Å². The highest BCUT2D eigenvalue weighted by atomic mass is 32.2. The molecule has 1 heterocycles. The first kappa shape index (κ1) is 27.1. The number of rotatable bonds is 10. The fourth-order valence-corrected chi connectivity index (χ4v) is 6.55. The van der Waals surface area contributed by atoms with Crippen molar-refractivity contribution >= 4 is 38.6 Å². The topological polar surface area (TPSA) is 112 Å². The molecule has 2 aromatic carbocycles.